The van der Waals surface area contributed by atoms with Crippen molar-refractivity contribution < 1.29 is 0 Å². The summed E-state index contributed by atoms with van der Waals surface area (Å²) in [6, 6.07) is 22.6. The molecule has 0 aliphatic heterocycles. The van der Waals surface area contributed by atoms with Gasteiger partial charge in [-0.1, -0.05) is 60.7 Å². The predicted molar refractivity (Wildman–Crippen MR) is 119 cm³/mol. The molecule has 0 unspecified atom stereocenters. The van der Waals surface area contributed by atoms with Gasteiger partial charge >= 0.3 is 0 Å². The van der Waals surface area contributed by atoms with Gasteiger partial charge in [-0.15, -0.1) is 22.7 Å². The number of thiophene rings is 2. The van der Waals surface area contributed by atoms with Crippen LogP contribution in [-0.2, 0) is 0 Å². The van der Waals surface area contributed by atoms with Crippen LogP contribution in [0.4, 0.5) is 0 Å². The van der Waals surface area contributed by atoms with Gasteiger partial charge in [0.25, 0.3) is 0 Å². The topological polar surface area (TPSA) is 0 Å². The maximum absolute atomic E-state index is 2.33. The molecule has 2 heterocycles. The average Bonchev–Trinajstić information content (AvgIpc) is 3.18. The zero-order valence-corrected chi connectivity index (χ0v) is 16.2. The van der Waals surface area contributed by atoms with Gasteiger partial charge < -0.3 is 0 Å². The molecule has 26 heavy (non-hydrogen) atoms. The molecule has 0 saturated carbocycles. The monoisotopic (exact) mass is 368 g/mol. The van der Waals surface area contributed by atoms with Crippen LogP contribution in [0, 0.1) is 13.8 Å². The summed E-state index contributed by atoms with van der Waals surface area (Å²) < 4.78 is 4.30. The van der Waals surface area contributed by atoms with Crippen LogP contribution in [-0.4, -0.2) is 0 Å². The van der Waals surface area contributed by atoms with Gasteiger partial charge in [0.2, 0.25) is 0 Å². The van der Waals surface area contributed by atoms with Crippen molar-refractivity contribution in [2.75, 3.05) is 0 Å². The summed E-state index contributed by atoms with van der Waals surface area (Å²) in [5.74, 6) is 0. The molecule has 6 rings (SSSR count). The molecule has 0 aliphatic rings. The predicted octanol–water partition coefficient (Wildman–Crippen LogP) is 8.19. The van der Waals surface area contributed by atoms with Crippen molar-refractivity contribution in [1.82, 2.24) is 0 Å². The van der Waals surface area contributed by atoms with Gasteiger partial charge in [0.05, 0.1) is 4.01 Å². The molecule has 0 amide bonds. The van der Waals surface area contributed by atoms with Gasteiger partial charge in [0.15, 0.2) is 0 Å². The number of fused-ring (bicyclic) bond motifs is 9. The summed E-state index contributed by atoms with van der Waals surface area (Å²) in [5, 5.41) is 9.78. The Labute approximate surface area is 159 Å². The van der Waals surface area contributed by atoms with E-state index in [1.807, 2.05) is 22.7 Å². The Morgan fingerprint density at radius 1 is 0.500 bits per heavy atom. The van der Waals surface area contributed by atoms with Crippen LogP contribution >= 0.6 is 22.7 Å². The van der Waals surface area contributed by atoms with Crippen LogP contribution in [0.2, 0.25) is 0 Å². The molecule has 0 spiro atoms. The minimum Gasteiger partial charge on any atom is -0.123 e. The van der Waals surface area contributed by atoms with E-state index in [0.29, 0.717) is 0 Å². The zero-order valence-electron chi connectivity index (χ0n) is 14.6. The maximum atomic E-state index is 2.33. The lowest BCUT2D eigenvalue weighted by Gasteiger charge is -2.04. The number of benzene rings is 4. The van der Waals surface area contributed by atoms with Crippen LogP contribution in [0.15, 0.2) is 60.7 Å². The summed E-state index contributed by atoms with van der Waals surface area (Å²) in [5.41, 5.74) is 2.71. The van der Waals surface area contributed by atoms with Crippen LogP contribution in [0.3, 0.4) is 0 Å². The highest BCUT2D eigenvalue weighted by atomic mass is 32.2. The molecule has 2 heteroatoms. The molecule has 0 aliphatic carbocycles. The Balaban J connectivity index is 1.83. The van der Waals surface area contributed by atoms with E-state index >= 15 is 0 Å². The van der Waals surface area contributed by atoms with Crippen molar-refractivity contribution in [3.05, 3.63) is 71.8 Å². The lowest BCUT2D eigenvalue weighted by atomic mass is 10.0. The van der Waals surface area contributed by atoms with E-state index in [1.54, 1.807) is 0 Å². The van der Waals surface area contributed by atoms with Gasteiger partial charge in [0.1, 0.15) is 0 Å². The molecular weight excluding hydrogens is 352 g/mol. The van der Waals surface area contributed by atoms with Crippen molar-refractivity contribution in [1.29, 1.82) is 0 Å². The number of aryl methyl sites for hydroxylation is 2. The van der Waals surface area contributed by atoms with E-state index in [1.165, 1.54) is 62.2 Å². The first-order valence-corrected chi connectivity index (χ1v) is 10.5. The number of hydrogen-bond donors (Lipinski definition) is 0. The van der Waals surface area contributed by atoms with E-state index in [2.05, 4.69) is 74.5 Å². The Hall–Kier alpha value is -2.42. The number of hydrogen-bond acceptors (Lipinski definition) is 2. The quantitative estimate of drug-likeness (QED) is 0.253. The summed E-state index contributed by atoms with van der Waals surface area (Å²) in [7, 11) is 0. The molecule has 0 atom stereocenters. The van der Waals surface area contributed by atoms with Gasteiger partial charge in [-0.3, -0.25) is 0 Å². The first kappa shape index (κ1) is 14.7. The van der Waals surface area contributed by atoms with Crippen molar-refractivity contribution >= 4 is 73.8 Å². The largest absolute Gasteiger partial charge is 0.123 e. The molecule has 0 nitrogen and oxygen atoms in total. The first-order chi connectivity index (χ1) is 12.7. The maximum Gasteiger partial charge on any atom is 0.0890 e. The second kappa shape index (κ2) is 5.06. The molecular formula is C24H16S2. The highest BCUT2D eigenvalue weighted by Crippen LogP contribution is 2.48. The Bertz CT molecular complexity index is 1380. The smallest absolute Gasteiger partial charge is 0.0890 e. The minimum atomic E-state index is 1.35. The third kappa shape index (κ3) is 1.78. The molecule has 0 saturated heterocycles. The second-order valence-corrected chi connectivity index (χ2v) is 9.39. The summed E-state index contributed by atoms with van der Waals surface area (Å²) in [4.78, 5) is 0. The zero-order chi connectivity index (χ0) is 17.4. The third-order valence-electron chi connectivity index (χ3n) is 5.59. The fourth-order valence-electron chi connectivity index (χ4n) is 4.26. The molecule has 0 radical (unpaired) electrons. The normalized spacial score (nSPS) is 12.2. The second-order valence-electron chi connectivity index (χ2n) is 7.09. The summed E-state index contributed by atoms with van der Waals surface area (Å²) in [6.07, 6.45) is 0. The van der Waals surface area contributed by atoms with Gasteiger partial charge in [0, 0.05) is 25.6 Å². The third-order valence-corrected chi connectivity index (χ3v) is 8.16. The lowest BCUT2D eigenvalue weighted by molar-refractivity contribution is 1.54. The number of rotatable bonds is 0. The fourth-order valence-corrected chi connectivity index (χ4v) is 7.08. The lowest BCUT2D eigenvalue weighted by Crippen LogP contribution is -1.79. The molecule has 6 aromatic rings. The fraction of sp³-hybridized carbons (Fsp3) is 0.0833. The van der Waals surface area contributed by atoms with E-state index < -0.39 is 0 Å². The highest BCUT2D eigenvalue weighted by Gasteiger charge is 2.16. The van der Waals surface area contributed by atoms with Crippen LogP contribution < -0.4 is 0 Å². The Morgan fingerprint density at radius 2 is 0.962 bits per heavy atom. The standard InChI is InChI=1S/C24H16S2/c1-13-5-3-7-17-15(13)9-11-19-21-20-12-10-16-14(2)6-4-8-18(16)23(20)26-24(21)25-22(17)19/h3-12H,1-2H3. The van der Waals surface area contributed by atoms with Crippen molar-refractivity contribution in [2.24, 2.45) is 0 Å². The highest BCUT2D eigenvalue weighted by molar-refractivity contribution is 7.45. The molecule has 4 aromatic carbocycles. The van der Waals surface area contributed by atoms with Gasteiger partial charge in [-0.2, -0.15) is 0 Å². The van der Waals surface area contributed by atoms with E-state index in [-0.39, 0.29) is 0 Å². The van der Waals surface area contributed by atoms with E-state index in [4.69, 9.17) is 0 Å². The minimum absolute atomic E-state index is 1.35. The van der Waals surface area contributed by atoms with Crippen molar-refractivity contribution in [2.45, 2.75) is 13.8 Å². The molecule has 0 fully saturated rings. The summed E-state index contributed by atoms with van der Waals surface area (Å²) in [6.45, 7) is 4.40. The van der Waals surface area contributed by atoms with Crippen LogP contribution in [0.5, 0.6) is 0 Å². The SMILES string of the molecule is Cc1cccc2c1ccc1c2sc2sc3c4cccc(C)c4ccc3c21. The van der Waals surface area contributed by atoms with Crippen LogP contribution in [0.1, 0.15) is 11.1 Å². The molecule has 124 valence electrons. The summed E-state index contributed by atoms with van der Waals surface area (Å²) >= 11 is 3.91. The molecule has 0 N–H and O–H groups in total. The average molecular weight is 369 g/mol. The van der Waals surface area contributed by atoms with Gasteiger partial charge in [-0.25, -0.2) is 0 Å². The van der Waals surface area contributed by atoms with Gasteiger partial charge in [-0.05, 0) is 46.5 Å². The van der Waals surface area contributed by atoms with Crippen molar-refractivity contribution in [3.8, 4) is 0 Å². The van der Waals surface area contributed by atoms with E-state index in [0.717, 1.165) is 0 Å². The van der Waals surface area contributed by atoms with Crippen LogP contribution in [0.25, 0.3) is 51.1 Å². The van der Waals surface area contributed by atoms with E-state index in [9.17, 15) is 0 Å². The first-order valence-electron chi connectivity index (χ1n) is 8.88. The van der Waals surface area contributed by atoms with Crippen molar-refractivity contribution in [3.63, 3.8) is 0 Å². The molecule has 0 bridgehead atoms. The molecule has 2 aromatic heterocycles. The Kier molecular flexibility index (Phi) is 2.87. The Morgan fingerprint density at radius 3 is 1.46 bits per heavy atom.